The van der Waals surface area contributed by atoms with Crippen molar-refractivity contribution in [1.82, 2.24) is 19.5 Å². The zero-order chi connectivity index (χ0) is 21.2. The summed E-state index contributed by atoms with van der Waals surface area (Å²) in [5.41, 5.74) is 0.0670. The Morgan fingerprint density at radius 1 is 1.10 bits per heavy atom. The maximum atomic E-state index is 13.0. The molecule has 0 atom stereocenters. The van der Waals surface area contributed by atoms with Crippen LogP contribution in [0.3, 0.4) is 0 Å². The molecular formula is C18H16ClF3N4O3. The second kappa shape index (κ2) is 8.16. The first kappa shape index (κ1) is 20.7. The van der Waals surface area contributed by atoms with Gasteiger partial charge >= 0.3 is 6.18 Å². The summed E-state index contributed by atoms with van der Waals surface area (Å²) in [5.74, 6) is 1.04. The first-order valence-electron chi connectivity index (χ1n) is 8.20. The second-order valence-corrected chi connectivity index (χ2v) is 6.22. The number of methoxy groups -OCH3 is 2. The van der Waals surface area contributed by atoms with Crippen LogP contribution in [0.25, 0.3) is 11.4 Å². The molecule has 0 aliphatic heterocycles. The van der Waals surface area contributed by atoms with Crippen LogP contribution in [0.2, 0.25) is 5.28 Å². The van der Waals surface area contributed by atoms with E-state index in [9.17, 15) is 13.2 Å². The number of aromatic nitrogens is 4. The van der Waals surface area contributed by atoms with Crippen LogP contribution >= 0.6 is 11.6 Å². The number of ether oxygens (including phenoxy) is 3. The Hall–Kier alpha value is -3.01. The maximum absolute atomic E-state index is 13.0. The van der Waals surface area contributed by atoms with Crippen molar-refractivity contribution in [3.8, 4) is 28.8 Å². The summed E-state index contributed by atoms with van der Waals surface area (Å²) in [6.07, 6.45) is -2.23. The molecule has 0 aliphatic carbocycles. The Morgan fingerprint density at radius 3 is 2.45 bits per heavy atom. The zero-order valence-corrected chi connectivity index (χ0v) is 16.4. The number of hydrogen-bond donors (Lipinski definition) is 0. The summed E-state index contributed by atoms with van der Waals surface area (Å²) in [6, 6.07) is 4.88. The maximum Gasteiger partial charge on any atom is 0.434 e. The van der Waals surface area contributed by atoms with Crippen LogP contribution in [-0.4, -0.2) is 33.7 Å². The summed E-state index contributed by atoms with van der Waals surface area (Å²) in [7, 11) is 4.40. The van der Waals surface area contributed by atoms with E-state index < -0.39 is 11.9 Å². The lowest BCUT2D eigenvalue weighted by atomic mass is 10.1. The number of benzene rings is 1. The fourth-order valence-electron chi connectivity index (χ4n) is 2.63. The van der Waals surface area contributed by atoms with Crippen LogP contribution in [0, 0.1) is 0 Å². The average Bonchev–Trinajstić information content (AvgIpc) is 3.08. The van der Waals surface area contributed by atoms with Crippen molar-refractivity contribution in [2.24, 2.45) is 7.05 Å². The predicted octanol–water partition coefficient (Wildman–Crippen LogP) is 4.15. The molecule has 3 rings (SSSR count). The van der Waals surface area contributed by atoms with Gasteiger partial charge in [0, 0.05) is 24.4 Å². The van der Waals surface area contributed by atoms with Crippen LogP contribution in [0.4, 0.5) is 13.2 Å². The van der Waals surface area contributed by atoms with Gasteiger partial charge < -0.3 is 18.8 Å². The normalized spacial score (nSPS) is 11.4. The van der Waals surface area contributed by atoms with Gasteiger partial charge in [-0.1, -0.05) is 0 Å². The Labute approximate surface area is 169 Å². The smallest absolute Gasteiger partial charge is 0.434 e. The van der Waals surface area contributed by atoms with Gasteiger partial charge in [0.1, 0.15) is 18.2 Å². The number of alkyl halides is 3. The highest BCUT2D eigenvalue weighted by atomic mass is 35.5. The molecule has 29 heavy (non-hydrogen) atoms. The summed E-state index contributed by atoms with van der Waals surface area (Å²) < 4.78 is 56.3. The predicted molar refractivity (Wildman–Crippen MR) is 98.1 cm³/mol. The van der Waals surface area contributed by atoms with Gasteiger partial charge in [-0.3, -0.25) is 0 Å². The molecule has 3 aromatic rings. The van der Waals surface area contributed by atoms with E-state index in [1.54, 1.807) is 18.2 Å². The lowest BCUT2D eigenvalue weighted by Crippen LogP contribution is -2.05. The minimum Gasteiger partial charge on any atom is -0.496 e. The first-order valence-corrected chi connectivity index (χ1v) is 8.58. The van der Waals surface area contributed by atoms with E-state index in [1.165, 1.54) is 32.0 Å². The van der Waals surface area contributed by atoms with Gasteiger partial charge in [-0.05, 0) is 29.8 Å². The molecule has 11 heteroatoms. The highest BCUT2D eigenvalue weighted by Crippen LogP contribution is 2.33. The Balaban J connectivity index is 1.93. The zero-order valence-electron chi connectivity index (χ0n) is 15.6. The summed E-state index contributed by atoms with van der Waals surface area (Å²) in [4.78, 5) is 11.5. The molecule has 0 unspecified atom stereocenters. The Bertz CT molecular complexity index is 1020. The van der Waals surface area contributed by atoms with Crippen LogP contribution in [0.5, 0.6) is 17.4 Å². The molecule has 0 bridgehead atoms. The van der Waals surface area contributed by atoms with Crippen molar-refractivity contribution in [1.29, 1.82) is 0 Å². The van der Waals surface area contributed by atoms with Crippen molar-refractivity contribution in [3.05, 3.63) is 47.1 Å². The summed E-state index contributed by atoms with van der Waals surface area (Å²) >= 11 is 5.79. The quantitative estimate of drug-likeness (QED) is 0.549. The monoisotopic (exact) mass is 428 g/mol. The van der Waals surface area contributed by atoms with Gasteiger partial charge in [0.25, 0.3) is 5.88 Å². The van der Waals surface area contributed by atoms with Gasteiger partial charge in [-0.15, -0.1) is 0 Å². The van der Waals surface area contributed by atoms with Gasteiger partial charge in [0.15, 0.2) is 11.4 Å². The van der Waals surface area contributed by atoms with E-state index in [0.717, 1.165) is 6.20 Å². The lowest BCUT2D eigenvalue weighted by Gasteiger charge is -2.13. The molecule has 2 heterocycles. The minimum atomic E-state index is -4.53. The van der Waals surface area contributed by atoms with Crippen molar-refractivity contribution < 1.29 is 27.4 Å². The van der Waals surface area contributed by atoms with Gasteiger partial charge in [-0.2, -0.15) is 18.2 Å². The Kier molecular flexibility index (Phi) is 5.83. The van der Waals surface area contributed by atoms with Gasteiger partial charge in [0.2, 0.25) is 5.28 Å². The summed E-state index contributed by atoms with van der Waals surface area (Å²) in [5, 5.41) is -0.0193. The third kappa shape index (κ3) is 4.53. The third-order valence-corrected chi connectivity index (χ3v) is 4.16. The fourth-order valence-corrected chi connectivity index (χ4v) is 2.75. The van der Waals surface area contributed by atoms with E-state index >= 15 is 0 Å². The summed E-state index contributed by atoms with van der Waals surface area (Å²) in [6.45, 7) is -0.00271. The molecular weight excluding hydrogens is 413 g/mol. The number of halogens is 4. The molecule has 0 saturated carbocycles. The van der Waals surface area contributed by atoms with Gasteiger partial charge in [0.05, 0.1) is 20.4 Å². The minimum absolute atomic E-state index is 0.00271. The lowest BCUT2D eigenvalue weighted by molar-refractivity contribution is -0.140. The fraction of sp³-hybridized carbons (Fsp3) is 0.278. The number of aryl methyl sites for hydroxylation is 1. The molecule has 2 aromatic heterocycles. The molecule has 0 aliphatic rings. The number of imidazole rings is 1. The molecule has 0 N–H and O–H groups in total. The van der Waals surface area contributed by atoms with Crippen molar-refractivity contribution in [2.75, 3.05) is 14.2 Å². The highest BCUT2D eigenvalue weighted by Gasteiger charge is 2.34. The molecule has 0 fully saturated rings. The van der Waals surface area contributed by atoms with E-state index in [0.29, 0.717) is 16.9 Å². The van der Waals surface area contributed by atoms with E-state index in [-0.39, 0.29) is 29.3 Å². The first-order chi connectivity index (χ1) is 13.7. The van der Waals surface area contributed by atoms with Crippen molar-refractivity contribution >= 4 is 11.6 Å². The Morgan fingerprint density at radius 2 is 1.83 bits per heavy atom. The van der Waals surface area contributed by atoms with Crippen LogP contribution in [-0.2, 0) is 19.8 Å². The molecule has 0 spiro atoms. The molecule has 7 nitrogen and oxygen atoms in total. The SMILES string of the molecule is COc1ccc(-c2nc(C(F)(F)F)cn2C)cc1COc1nc(Cl)ncc1OC. The largest absolute Gasteiger partial charge is 0.496 e. The number of hydrogen-bond acceptors (Lipinski definition) is 6. The van der Waals surface area contributed by atoms with Crippen LogP contribution in [0.15, 0.2) is 30.6 Å². The molecule has 0 saturated heterocycles. The number of nitrogens with zero attached hydrogens (tertiary/aromatic N) is 4. The number of rotatable bonds is 6. The molecule has 0 amide bonds. The van der Waals surface area contributed by atoms with Crippen LogP contribution in [0.1, 0.15) is 11.3 Å². The van der Waals surface area contributed by atoms with Crippen LogP contribution < -0.4 is 14.2 Å². The second-order valence-electron chi connectivity index (χ2n) is 5.89. The van der Waals surface area contributed by atoms with Crippen molar-refractivity contribution in [2.45, 2.75) is 12.8 Å². The van der Waals surface area contributed by atoms with Gasteiger partial charge in [-0.25, -0.2) is 9.97 Å². The molecule has 154 valence electrons. The molecule has 1 aromatic carbocycles. The van der Waals surface area contributed by atoms with E-state index in [1.807, 2.05) is 0 Å². The standard InChI is InChI=1S/C18H16ClF3N4O3/c1-26-8-14(18(20,21)22)24-15(26)10-4-5-12(27-2)11(6-10)9-29-16-13(28-3)7-23-17(19)25-16/h4-8H,9H2,1-3H3. The topological polar surface area (TPSA) is 71.3 Å². The van der Waals surface area contributed by atoms with E-state index in [4.69, 9.17) is 25.8 Å². The average molecular weight is 429 g/mol. The van der Waals surface area contributed by atoms with Crippen molar-refractivity contribution in [3.63, 3.8) is 0 Å². The molecule has 0 radical (unpaired) electrons. The highest BCUT2D eigenvalue weighted by molar-refractivity contribution is 6.28. The third-order valence-electron chi connectivity index (χ3n) is 3.98. The van der Waals surface area contributed by atoms with E-state index in [2.05, 4.69) is 15.0 Å².